The van der Waals surface area contributed by atoms with Gasteiger partial charge in [-0.1, -0.05) is 0 Å². The molecule has 1 rings (SSSR count). The average Bonchev–Trinajstić information content (AvgIpc) is 2.49. The van der Waals surface area contributed by atoms with Gasteiger partial charge < -0.3 is 15.1 Å². The average molecular weight is 227 g/mol. The van der Waals surface area contributed by atoms with E-state index >= 15 is 0 Å². The highest BCUT2D eigenvalue weighted by atomic mass is 19.4. The summed E-state index contributed by atoms with van der Waals surface area (Å²) in [6.45, 7) is 0.442. The predicted octanol–water partition coefficient (Wildman–Crippen LogP) is 1.30. The molecule has 2 N–H and O–H groups in total. The number of amides is 1. The second kappa shape index (κ2) is 3.55. The van der Waals surface area contributed by atoms with Crippen molar-refractivity contribution in [2.24, 2.45) is 5.92 Å². The molecule has 1 amide bonds. The monoisotopic (exact) mass is 227 g/mol. The van der Waals surface area contributed by atoms with Crippen molar-refractivity contribution < 1.29 is 28.2 Å². The molecule has 0 radical (unpaired) electrons. The van der Waals surface area contributed by atoms with Gasteiger partial charge in [0.05, 0.1) is 0 Å². The van der Waals surface area contributed by atoms with Crippen LogP contribution in [0, 0.1) is 5.92 Å². The Morgan fingerprint density at radius 1 is 1.47 bits per heavy atom. The molecule has 2 unspecified atom stereocenters. The number of carboxylic acid groups (broad SMARTS) is 1. The summed E-state index contributed by atoms with van der Waals surface area (Å²) < 4.78 is 37.2. The second-order valence-electron chi connectivity index (χ2n) is 3.86. The van der Waals surface area contributed by atoms with Crippen LogP contribution in [-0.2, 0) is 0 Å². The zero-order valence-corrected chi connectivity index (χ0v) is 8.08. The number of nitrogens with zero attached hydrogens (tertiary/aromatic N) is 1. The van der Waals surface area contributed by atoms with Crippen LogP contribution in [0.5, 0.6) is 0 Å². The van der Waals surface area contributed by atoms with Crippen molar-refractivity contribution in [1.29, 1.82) is 0 Å². The summed E-state index contributed by atoms with van der Waals surface area (Å²) in [4.78, 5) is 11.4. The quantitative estimate of drug-likeness (QED) is 0.709. The van der Waals surface area contributed by atoms with Crippen LogP contribution in [0.25, 0.3) is 0 Å². The number of halogens is 3. The molecule has 0 aromatic carbocycles. The minimum Gasteiger partial charge on any atom is -0.465 e. The number of hydrogen-bond donors (Lipinski definition) is 2. The number of aliphatic hydroxyl groups is 1. The molecule has 0 aromatic heterocycles. The Kier molecular flexibility index (Phi) is 2.86. The Hall–Kier alpha value is -0.980. The van der Waals surface area contributed by atoms with Gasteiger partial charge in [0.2, 0.25) is 0 Å². The van der Waals surface area contributed by atoms with Crippen LogP contribution in [0.2, 0.25) is 0 Å². The van der Waals surface area contributed by atoms with Crippen molar-refractivity contribution in [2.45, 2.75) is 25.1 Å². The third kappa shape index (κ3) is 2.17. The fraction of sp³-hybridized carbons (Fsp3) is 0.875. The van der Waals surface area contributed by atoms with Gasteiger partial charge >= 0.3 is 12.3 Å². The van der Waals surface area contributed by atoms with Gasteiger partial charge in [0.1, 0.15) is 0 Å². The first kappa shape index (κ1) is 12.1. The third-order valence-electron chi connectivity index (χ3n) is 2.83. The van der Waals surface area contributed by atoms with Gasteiger partial charge in [0.25, 0.3) is 0 Å². The highest BCUT2D eigenvalue weighted by molar-refractivity contribution is 5.65. The van der Waals surface area contributed by atoms with E-state index in [0.29, 0.717) is 6.92 Å². The van der Waals surface area contributed by atoms with Crippen molar-refractivity contribution in [3.63, 3.8) is 0 Å². The smallest absolute Gasteiger partial charge is 0.417 e. The number of rotatable bonds is 1. The molecule has 7 heteroatoms. The van der Waals surface area contributed by atoms with Crippen LogP contribution < -0.4 is 0 Å². The van der Waals surface area contributed by atoms with Crippen LogP contribution in [0.4, 0.5) is 18.0 Å². The summed E-state index contributed by atoms with van der Waals surface area (Å²) in [6.07, 6.45) is -5.96. The summed E-state index contributed by atoms with van der Waals surface area (Å²) in [5.41, 5.74) is -2.82. The van der Waals surface area contributed by atoms with Crippen molar-refractivity contribution in [1.82, 2.24) is 4.90 Å². The molecular weight excluding hydrogens is 215 g/mol. The summed E-state index contributed by atoms with van der Waals surface area (Å²) in [7, 11) is 0. The topological polar surface area (TPSA) is 60.8 Å². The molecule has 1 heterocycles. The SMILES string of the molecule is CC(O)(C1CCN(C(=O)O)C1)C(F)(F)F. The lowest BCUT2D eigenvalue weighted by Crippen LogP contribution is -2.49. The van der Waals surface area contributed by atoms with Crippen molar-refractivity contribution in [3.05, 3.63) is 0 Å². The molecule has 1 aliphatic rings. The highest BCUT2D eigenvalue weighted by Gasteiger charge is 2.56. The van der Waals surface area contributed by atoms with Gasteiger partial charge in [-0.15, -0.1) is 0 Å². The predicted molar refractivity (Wildman–Crippen MR) is 44.4 cm³/mol. The molecule has 0 aromatic rings. The molecule has 1 fully saturated rings. The van der Waals surface area contributed by atoms with Gasteiger partial charge in [0.15, 0.2) is 5.60 Å². The van der Waals surface area contributed by atoms with Crippen LogP contribution in [0.3, 0.4) is 0 Å². The van der Waals surface area contributed by atoms with E-state index in [1.54, 1.807) is 0 Å². The second-order valence-corrected chi connectivity index (χ2v) is 3.86. The van der Waals surface area contributed by atoms with Crippen LogP contribution >= 0.6 is 0 Å². The maximum Gasteiger partial charge on any atom is 0.417 e. The lowest BCUT2D eigenvalue weighted by atomic mass is 9.88. The van der Waals surface area contributed by atoms with Crippen LogP contribution in [0.15, 0.2) is 0 Å². The number of alkyl halides is 3. The minimum absolute atomic E-state index is 0.0266. The molecule has 15 heavy (non-hydrogen) atoms. The lowest BCUT2D eigenvalue weighted by molar-refractivity contribution is -0.270. The molecular formula is C8H12F3NO3. The Balaban J connectivity index is 2.72. The minimum atomic E-state index is -4.73. The van der Waals surface area contributed by atoms with E-state index in [1.165, 1.54) is 0 Å². The molecule has 1 aliphatic heterocycles. The van der Waals surface area contributed by atoms with Gasteiger partial charge in [0, 0.05) is 19.0 Å². The van der Waals surface area contributed by atoms with E-state index in [2.05, 4.69) is 0 Å². The zero-order chi connectivity index (χ0) is 11.9. The van der Waals surface area contributed by atoms with Gasteiger partial charge in [-0.25, -0.2) is 4.79 Å². The van der Waals surface area contributed by atoms with Gasteiger partial charge in [-0.2, -0.15) is 13.2 Å². The van der Waals surface area contributed by atoms with E-state index in [-0.39, 0.29) is 19.5 Å². The fourth-order valence-corrected chi connectivity index (χ4v) is 1.62. The normalized spacial score (nSPS) is 26.5. The maximum absolute atomic E-state index is 12.4. The third-order valence-corrected chi connectivity index (χ3v) is 2.83. The van der Waals surface area contributed by atoms with Crippen LogP contribution in [-0.4, -0.2) is 46.1 Å². The molecule has 4 nitrogen and oxygen atoms in total. The summed E-state index contributed by atoms with van der Waals surface area (Å²) in [6, 6.07) is 0. The fourth-order valence-electron chi connectivity index (χ4n) is 1.62. The highest BCUT2D eigenvalue weighted by Crippen LogP contribution is 2.39. The van der Waals surface area contributed by atoms with Gasteiger partial charge in [-0.3, -0.25) is 0 Å². The number of carbonyl (C=O) groups is 1. The molecule has 0 spiro atoms. The Labute approximate surface area is 84.3 Å². The molecule has 88 valence electrons. The summed E-state index contributed by atoms with van der Waals surface area (Å²) in [5, 5.41) is 17.9. The first-order valence-corrected chi connectivity index (χ1v) is 4.43. The zero-order valence-electron chi connectivity index (χ0n) is 8.08. The number of hydrogen-bond acceptors (Lipinski definition) is 2. The molecule has 0 bridgehead atoms. The maximum atomic E-state index is 12.4. The van der Waals surface area contributed by atoms with Gasteiger partial charge in [-0.05, 0) is 13.3 Å². The standard InChI is InChI=1S/C8H12F3NO3/c1-7(15,8(9,10)11)5-2-3-12(4-5)6(13)14/h5,15H,2-4H2,1H3,(H,13,14). The molecule has 1 saturated heterocycles. The van der Waals surface area contributed by atoms with E-state index in [0.717, 1.165) is 4.90 Å². The molecule has 2 atom stereocenters. The lowest BCUT2D eigenvalue weighted by Gasteiger charge is -2.31. The molecule has 0 saturated carbocycles. The van der Waals surface area contributed by atoms with Crippen LogP contribution in [0.1, 0.15) is 13.3 Å². The van der Waals surface area contributed by atoms with E-state index in [9.17, 15) is 23.1 Å². The largest absolute Gasteiger partial charge is 0.465 e. The first-order chi connectivity index (χ1) is 6.66. The Morgan fingerprint density at radius 3 is 2.33 bits per heavy atom. The molecule has 0 aliphatic carbocycles. The van der Waals surface area contributed by atoms with E-state index in [4.69, 9.17) is 5.11 Å². The Bertz CT molecular complexity index is 264. The van der Waals surface area contributed by atoms with E-state index in [1.807, 2.05) is 0 Å². The summed E-state index contributed by atoms with van der Waals surface area (Å²) in [5.74, 6) is -1.09. The Morgan fingerprint density at radius 2 is 2.00 bits per heavy atom. The summed E-state index contributed by atoms with van der Waals surface area (Å²) >= 11 is 0. The number of likely N-dealkylation sites (tertiary alicyclic amines) is 1. The first-order valence-electron chi connectivity index (χ1n) is 4.43. The van der Waals surface area contributed by atoms with Crippen molar-refractivity contribution in [3.8, 4) is 0 Å². The van der Waals surface area contributed by atoms with E-state index < -0.39 is 23.8 Å². The van der Waals surface area contributed by atoms with Crippen molar-refractivity contribution >= 4 is 6.09 Å². The van der Waals surface area contributed by atoms with Crippen molar-refractivity contribution in [2.75, 3.05) is 13.1 Å².